The Balaban J connectivity index is 2.34. The van der Waals surface area contributed by atoms with E-state index in [2.05, 4.69) is 11.4 Å². The van der Waals surface area contributed by atoms with E-state index in [1.54, 1.807) is 7.11 Å². The first kappa shape index (κ1) is 11.3. The average Bonchev–Trinajstić information content (AvgIpc) is 2.25. The van der Waals surface area contributed by atoms with E-state index < -0.39 is 0 Å². The van der Waals surface area contributed by atoms with Gasteiger partial charge >= 0.3 is 0 Å². The Kier molecular flexibility index (Phi) is 5.42. The van der Waals surface area contributed by atoms with Crippen molar-refractivity contribution in [2.24, 2.45) is 0 Å². The fraction of sp³-hybridized carbons (Fsp3) is 0.455. The zero-order valence-electron chi connectivity index (χ0n) is 8.42. The molecule has 78 valence electrons. The molecule has 0 heterocycles. The molecule has 0 unspecified atom stereocenters. The van der Waals surface area contributed by atoms with Crippen LogP contribution in [0.1, 0.15) is 12.0 Å². The smallest absolute Gasteiger partial charge is 0.119 e. The van der Waals surface area contributed by atoms with E-state index in [-0.39, 0.29) is 0 Å². The van der Waals surface area contributed by atoms with Crippen LogP contribution in [0, 0.1) is 0 Å². The molecule has 14 heavy (non-hydrogen) atoms. The van der Waals surface area contributed by atoms with Crippen LogP contribution in [-0.4, -0.2) is 19.5 Å². The quantitative estimate of drug-likeness (QED) is 0.579. The predicted molar refractivity (Wildman–Crippen MR) is 60.0 cm³/mol. The summed E-state index contributed by atoms with van der Waals surface area (Å²) in [7, 11) is 1.68. The summed E-state index contributed by atoms with van der Waals surface area (Å²) in [6.07, 6.45) is 1.01. The first-order valence-electron chi connectivity index (χ1n) is 4.76. The highest BCUT2D eigenvalue weighted by Gasteiger charge is 1.94. The fourth-order valence-corrected chi connectivity index (χ4v) is 1.34. The molecule has 3 heteroatoms. The number of rotatable bonds is 6. The molecule has 0 saturated carbocycles. The lowest BCUT2D eigenvalue weighted by atomic mass is 10.2. The van der Waals surface area contributed by atoms with Gasteiger partial charge in [0.25, 0.3) is 0 Å². The van der Waals surface area contributed by atoms with Crippen LogP contribution in [0.4, 0.5) is 0 Å². The summed E-state index contributed by atoms with van der Waals surface area (Å²) in [5, 5.41) is 3.31. The molecule has 1 N–H and O–H groups in total. The van der Waals surface area contributed by atoms with Crippen molar-refractivity contribution < 1.29 is 4.74 Å². The summed E-state index contributed by atoms with van der Waals surface area (Å²) in [6, 6.07) is 8.06. The molecule has 0 spiro atoms. The zero-order chi connectivity index (χ0) is 10.2. The number of benzene rings is 1. The molecule has 0 atom stereocenters. The van der Waals surface area contributed by atoms with Crippen molar-refractivity contribution in [1.82, 2.24) is 5.32 Å². The maximum atomic E-state index is 5.57. The first-order valence-corrected chi connectivity index (χ1v) is 5.30. The van der Waals surface area contributed by atoms with Gasteiger partial charge in [-0.15, -0.1) is 11.6 Å². The molecule has 0 fully saturated rings. The minimum Gasteiger partial charge on any atom is -0.497 e. The van der Waals surface area contributed by atoms with Crippen LogP contribution in [0.25, 0.3) is 0 Å². The second-order valence-corrected chi connectivity index (χ2v) is 3.45. The lowest BCUT2D eigenvalue weighted by Gasteiger charge is -2.05. The SMILES string of the molecule is COc1cccc(CNCCCCl)c1. The number of hydrogen-bond acceptors (Lipinski definition) is 2. The van der Waals surface area contributed by atoms with E-state index in [1.165, 1.54) is 5.56 Å². The third-order valence-electron chi connectivity index (χ3n) is 1.95. The molecule has 0 aliphatic rings. The number of hydrogen-bond donors (Lipinski definition) is 1. The Labute approximate surface area is 90.2 Å². The van der Waals surface area contributed by atoms with Crippen molar-refractivity contribution >= 4 is 11.6 Å². The minimum atomic E-state index is 0.713. The number of alkyl halides is 1. The van der Waals surface area contributed by atoms with E-state index >= 15 is 0 Å². The molecule has 2 nitrogen and oxygen atoms in total. The Hall–Kier alpha value is -0.730. The minimum absolute atomic E-state index is 0.713. The number of ether oxygens (including phenoxy) is 1. The summed E-state index contributed by atoms with van der Waals surface area (Å²) in [5.41, 5.74) is 1.24. The predicted octanol–water partition coefficient (Wildman–Crippen LogP) is 2.41. The second-order valence-electron chi connectivity index (χ2n) is 3.07. The van der Waals surface area contributed by atoms with Gasteiger partial charge in [-0.25, -0.2) is 0 Å². The molecular formula is C11H16ClNO. The molecule has 1 rings (SSSR count). The molecule has 0 amide bonds. The lowest BCUT2D eigenvalue weighted by molar-refractivity contribution is 0.414. The Bertz CT molecular complexity index is 265. The van der Waals surface area contributed by atoms with Crippen molar-refractivity contribution in [3.05, 3.63) is 29.8 Å². The summed E-state index contributed by atoms with van der Waals surface area (Å²) in [4.78, 5) is 0. The van der Waals surface area contributed by atoms with Gasteiger partial charge in [-0.2, -0.15) is 0 Å². The van der Waals surface area contributed by atoms with Gasteiger partial charge in [-0.1, -0.05) is 12.1 Å². The molecule has 0 aliphatic heterocycles. The van der Waals surface area contributed by atoms with Crippen LogP contribution >= 0.6 is 11.6 Å². The van der Waals surface area contributed by atoms with Crippen molar-refractivity contribution in [3.63, 3.8) is 0 Å². The third kappa shape index (κ3) is 3.99. The van der Waals surface area contributed by atoms with Crippen molar-refractivity contribution in [2.75, 3.05) is 19.5 Å². The zero-order valence-corrected chi connectivity index (χ0v) is 9.18. The molecule has 0 aliphatic carbocycles. The van der Waals surface area contributed by atoms with Gasteiger partial charge in [0.05, 0.1) is 7.11 Å². The monoisotopic (exact) mass is 213 g/mol. The molecule has 1 aromatic carbocycles. The van der Waals surface area contributed by atoms with Gasteiger partial charge in [0, 0.05) is 12.4 Å². The van der Waals surface area contributed by atoms with Gasteiger partial charge in [0.1, 0.15) is 5.75 Å². The second kappa shape index (κ2) is 6.68. The van der Waals surface area contributed by atoms with E-state index in [9.17, 15) is 0 Å². The highest BCUT2D eigenvalue weighted by atomic mass is 35.5. The van der Waals surface area contributed by atoms with E-state index in [1.807, 2.05) is 18.2 Å². The summed E-state index contributed by atoms with van der Waals surface area (Å²) >= 11 is 5.57. The van der Waals surface area contributed by atoms with Crippen LogP contribution in [0.5, 0.6) is 5.75 Å². The number of nitrogens with one attached hydrogen (secondary N) is 1. The third-order valence-corrected chi connectivity index (χ3v) is 2.22. The number of methoxy groups -OCH3 is 1. The summed E-state index contributed by atoms with van der Waals surface area (Å²) in [6.45, 7) is 1.83. The molecular weight excluding hydrogens is 198 g/mol. The van der Waals surface area contributed by atoms with E-state index in [0.717, 1.165) is 25.3 Å². The summed E-state index contributed by atoms with van der Waals surface area (Å²) < 4.78 is 5.13. The largest absolute Gasteiger partial charge is 0.497 e. The van der Waals surface area contributed by atoms with Crippen LogP contribution < -0.4 is 10.1 Å². The fourth-order valence-electron chi connectivity index (χ4n) is 1.21. The normalized spacial score (nSPS) is 10.1. The van der Waals surface area contributed by atoms with Gasteiger partial charge in [0.2, 0.25) is 0 Å². The van der Waals surface area contributed by atoms with Gasteiger partial charge in [-0.05, 0) is 30.7 Å². The topological polar surface area (TPSA) is 21.3 Å². The van der Waals surface area contributed by atoms with E-state index in [0.29, 0.717) is 5.88 Å². The van der Waals surface area contributed by atoms with Crippen molar-refractivity contribution in [2.45, 2.75) is 13.0 Å². The Morgan fingerprint density at radius 2 is 2.29 bits per heavy atom. The van der Waals surface area contributed by atoms with Crippen molar-refractivity contribution in [3.8, 4) is 5.75 Å². The van der Waals surface area contributed by atoms with Crippen LogP contribution in [-0.2, 0) is 6.54 Å². The molecule has 0 bridgehead atoms. The van der Waals surface area contributed by atoms with Gasteiger partial charge in [-0.3, -0.25) is 0 Å². The van der Waals surface area contributed by atoms with Crippen LogP contribution in [0.3, 0.4) is 0 Å². The van der Waals surface area contributed by atoms with Gasteiger partial charge < -0.3 is 10.1 Å². The molecule has 0 saturated heterocycles. The van der Waals surface area contributed by atoms with Gasteiger partial charge in [0.15, 0.2) is 0 Å². The standard InChI is InChI=1S/C11H16ClNO/c1-14-11-5-2-4-10(8-11)9-13-7-3-6-12/h2,4-5,8,13H,3,6-7,9H2,1H3. The Morgan fingerprint density at radius 1 is 1.43 bits per heavy atom. The van der Waals surface area contributed by atoms with E-state index in [4.69, 9.17) is 16.3 Å². The van der Waals surface area contributed by atoms with Crippen LogP contribution in [0.2, 0.25) is 0 Å². The Morgan fingerprint density at radius 3 is 3.00 bits per heavy atom. The highest BCUT2D eigenvalue weighted by Crippen LogP contribution is 2.11. The lowest BCUT2D eigenvalue weighted by Crippen LogP contribution is -2.14. The maximum absolute atomic E-state index is 5.57. The van der Waals surface area contributed by atoms with Crippen LogP contribution in [0.15, 0.2) is 24.3 Å². The number of halogens is 1. The van der Waals surface area contributed by atoms with Crippen molar-refractivity contribution in [1.29, 1.82) is 0 Å². The summed E-state index contributed by atoms with van der Waals surface area (Å²) in [5.74, 6) is 1.62. The highest BCUT2D eigenvalue weighted by molar-refractivity contribution is 6.17. The molecule has 1 aromatic rings. The molecule has 0 radical (unpaired) electrons. The molecule has 0 aromatic heterocycles. The first-order chi connectivity index (χ1) is 6.86. The maximum Gasteiger partial charge on any atom is 0.119 e. The average molecular weight is 214 g/mol.